The van der Waals surface area contributed by atoms with Gasteiger partial charge in [0.25, 0.3) is 0 Å². The van der Waals surface area contributed by atoms with E-state index < -0.39 is 23.5 Å². The van der Waals surface area contributed by atoms with Crippen LogP contribution in [0.1, 0.15) is 39.0 Å². The summed E-state index contributed by atoms with van der Waals surface area (Å²) in [5, 5.41) is 21.4. The fourth-order valence-corrected chi connectivity index (χ4v) is 1.71. The standard InChI is InChI=1S/C14H25FN2O4/c1-11(18)17-10-14(16,13(20)21)12(19)8-6-4-2-3-5-7-9-15/h2,4,12,19H,3,5-10,16H2,1H3,(H,17,18)(H,20,21). The number of unbranched alkanes of at least 4 members (excludes halogenated alkanes) is 2. The van der Waals surface area contributed by atoms with Gasteiger partial charge in [0, 0.05) is 13.5 Å². The number of hydrogen-bond acceptors (Lipinski definition) is 4. The first kappa shape index (κ1) is 19.5. The summed E-state index contributed by atoms with van der Waals surface area (Å²) in [6.45, 7) is 0.581. The van der Waals surface area contributed by atoms with Crippen LogP contribution in [0.25, 0.3) is 0 Å². The predicted octanol–water partition coefficient (Wildman–Crippen LogP) is 0.742. The van der Waals surface area contributed by atoms with Crippen molar-refractivity contribution in [3.05, 3.63) is 12.2 Å². The molecule has 0 spiro atoms. The number of nitrogens with two attached hydrogens (primary N) is 1. The summed E-state index contributed by atoms with van der Waals surface area (Å²) in [4.78, 5) is 22.0. The highest BCUT2D eigenvalue weighted by molar-refractivity contribution is 5.81. The number of aliphatic hydroxyl groups is 1. The molecule has 6 nitrogen and oxygen atoms in total. The molecular formula is C14H25FN2O4. The molecule has 21 heavy (non-hydrogen) atoms. The minimum atomic E-state index is -1.91. The van der Waals surface area contributed by atoms with Crippen molar-refractivity contribution in [2.24, 2.45) is 5.73 Å². The maximum atomic E-state index is 11.9. The van der Waals surface area contributed by atoms with Crippen molar-refractivity contribution < 1.29 is 24.2 Å². The molecule has 0 aliphatic carbocycles. The summed E-state index contributed by atoms with van der Waals surface area (Å²) < 4.78 is 11.9. The molecule has 2 unspecified atom stereocenters. The van der Waals surface area contributed by atoms with Crippen LogP contribution < -0.4 is 11.1 Å². The normalized spacial score (nSPS) is 15.6. The Balaban J connectivity index is 4.26. The van der Waals surface area contributed by atoms with Gasteiger partial charge in [-0.05, 0) is 32.1 Å². The Hall–Kier alpha value is -1.47. The van der Waals surface area contributed by atoms with Gasteiger partial charge < -0.3 is 21.3 Å². The van der Waals surface area contributed by atoms with Crippen LogP contribution in [0.15, 0.2) is 12.2 Å². The van der Waals surface area contributed by atoms with Gasteiger partial charge in [-0.15, -0.1) is 0 Å². The van der Waals surface area contributed by atoms with Gasteiger partial charge in [-0.3, -0.25) is 14.0 Å². The van der Waals surface area contributed by atoms with Crippen LogP contribution in [0.3, 0.4) is 0 Å². The van der Waals surface area contributed by atoms with E-state index in [1.54, 1.807) is 0 Å². The van der Waals surface area contributed by atoms with E-state index in [9.17, 15) is 19.1 Å². The van der Waals surface area contributed by atoms with Gasteiger partial charge in [-0.25, -0.2) is 0 Å². The van der Waals surface area contributed by atoms with E-state index in [0.717, 1.165) is 12.8 Å². The van der Waals surface area contributed by atoms with Gasteiger partial charge in [0.05, 0.1) is 12.8 Å². The lowest BCUT2D eigenvalue weighted by atomic mass is 9.90. The fourth-order valence-electron chi connectivity index (χ4n) is 1.71. The number of nitrogens with one attached hydrogen (secondary N) is 1. The Morgan fingerprint density at radius 2 is 1.95 bits per heavy atom. The lowest BCUT2D eigenvalue weighted by molar-refractivity contribution is -0.148. The summed E-state index contributed by atoms with van der Waals surface area (Å²) in [5.41, 5.74) is 3.77. The third-order valence-corrected chi connectivity index (χ3v) is 3.15. The molecule has 0 aliphatic rings. The molecule has 0 saturated heterocycles. The van der Waals surface area contributed by atoms with Crippen LogP contribution in [-0.2, 0) is 9.59 Å². The number of aliphatic hydroxyl groups excluding tert-OH is 1. The van der Waals surface area contributed by atoms with E-state index in [0.29, 0.717) is 12.8 Å². The Bertz CT molecular complexity index is 363. The van der Waals surface area contributed by atoms with Crippen LogP contribution in [0, 0.1) is 0 Å². The number of alkyl halides is 1. The smallest absolute Gasteiger partial charge is 0.328 e. The molecule has 0 aromatic rings. The SMILES string of the molecule is CC(=O)NCC(N)(C(=O)O)C(O)CCC=CCCCCF. The number of amides is 1. The highest BCUT2D eigenvalue weighted by Gasteiger charge is 2.41. The number of carboxylic acids is 1. The molecule has 7 heteroatoms. The number of rotatable bonds is 11. The number of hydrogen-bond donors (Lipinski definition) is 4. The molecule has 0 bridgehead atoms. The van der Waals surface area contributed by atoms with Crippen molar-refractivity contribution in [2.45, 2.75) is 50.7 Å². The molecule has 0 rings (SSSR count). The fraction of sp³-hybridized carbons (Fsp3) is 0.714. The molecule has 0 saturated carbocycles. The first-order chi connectivity index (χ1) is 9.84. The summed E-state index contributed by atoms with van der Waals surface area (Å²) in [7, 11) is 0. The van der Waals surface area contributed by atoms with E-state index in [2.05, 4.69) is 5.32 Å². The van der Waals surface area contributed by atoms with Crippen molar-refractivity contribution in [1.29, 1.82) is 0 Å². The highest BCUT2D eigenvalue weighted by atomic mass is 19.1. The predicted molar refractivity (Wildman–Crippen MR) is 77.4 cm³/mol. The Labute approximate surface area is 124 Å². The third kappa shape index (κ3) is 7.77. The first-order valence-electron chi connectivity index (χ1n) is 7.00. The molecule has 122 valence electrons. The Morgan fingerprint density at radius 1 is 1.33 bits per heavy atom. The monoisotopic (exact) mass is 304 g/mol. The largest absolute Gasteiger partial charge is 0.480 e. The maximum absolute atomic E-state index is 11.9. The van der Waals surface area contributed by atoms with E-state index in [1.165, 1.54) is 6.92 Å². The second-order valence-corrected chi connectivity index (χ2v) is 5.00. The average Bonchev–Trinajstić information content (AvgIpc) is 2.43. The third-order valence-electron chi connectivity index (χ3n) is 3.15. The lowest BCUT2D eigenvalue weighted by Crippen LogP contribution is -2.63. The van der Waals surface area contributed by atoms with Crippen molar-refractivity contribution in [1.82, 2.24) is 5.32 Å². The van der Waals surface area contributed by atoms with Gasteiger partial charge >= 0.3 is 5.97 Å². The number of halogens is 1. The zero-order valence-electron chi connectivity index (χ0n) is 12.3. The molecule has 0 fully saturated rings. The topological polar surface area (TPSA) is 113 Å². The second-order valence-electron chi connectivity index (χ2n) is 5.00. The number of aliphatic carboxylic acids is 1. The summed E-state index contributed by atoms with van der Waals surface area (Å²) in [6, 6.07) is 0. The van der Waals surface area contributed by atoms with E-state index in [-0.39, 0.29) is 19.6 Å². The zero-order chi connectivity index (χ0) is 16.3. The molecule has 0 radical (unpaired) electrons. The van der Waals surface area contributed by atoms with Crippen LogP contribution >= 0.6 is 0 Å². The molecular weight excluding hydrogens is 279 g/mol. The van der Waals surface area contributed by atoms with Crippen LogP contribution in [-0.4, -0.2) is 47.0 Å². The van der Waals surface area contributed by atoms with Crippen LogP contribution in [0.4, 0.5) is 4.39 Å². The molecule has 0 aromatic heterocycles. The maximum Gasteiger partial charge on any atom is 0.328 e. The van der Waals surface area contributed by atoms with Gasteiger partial charge in [-0.1, -0.05) is 12.2 Å². The average molecular weight is 304 g/mol. The summed E-state index contributed by atoms with van der Waals surface area (Å²) in [5.74, 6) is -1.78. The van der Waals surface area contributed by atoms with Gasteiger partial charge in [0.15, 0.2) is 5.54 Å². The van der Waals surface area contributed by atoms with E-state index >= 15 is 0 Å². The minimum absolute atomic E-state index is 0.169. The number of allylic oxidation sites excluding steroid dienone is 2. The van der Waals surface area contributed by atoms with E-state index in [4.69, 9.17) is 10.8 Å². The molecule has 0 aromatic carbocycles. The number of carbonyl (C=O) groups is 2. The lowest BCUT2D eigenvalue weighted by Gasteiger charge is -2.29. The van der Waals surface area contributed by atoms with Crippen molar-refractivity contribution in [2.75, 3.05) is 13.2 Å². The van der Waals surface area contributed by atoms with Crippen LogP contribution in [0.2, 0.25) is 0 Å². The number of carbonyl (C=O) groups excluding carboxylic acids is 1. The van der Waals surface area contributed by atoms with Crippen molar-refractivity contribution in [3.8, 4) is 0 Å². The van der Waals surface area contributed by atoms with Gasteiger partial charge in [0.2, 0.25) is 5.91 Å². The van der Waals surface area contributed by atoms with Crippen LogP contribution in [0.5, 0.6) is 0 Å². The zero-order valence-corrected chi connectivity index (χ0v) is 12.3. The van der Waals surface area contributed by atoms with Gasteiger partial charge in [0.1, 0.15) is 0 Å². The minimum Gasteiger partial charge on any atom is -0.480 e. The quantitative estimate of drug-likeness (QED) is 0.332. The van der Waals surface area contributed by atoms with Gasteiger partial charge in [-0.2, -0.15) is 0 Å². The molecule has 0 aliphatic heterocycles. The second kappa shape index (κ2) is 10.3. The van der Waals surface area contributed by atoms with E-state index in [1.807, 2.05) is 12.2 Å². The Kier molecular flexibility index (Phi) is 9.56. The molecule has 5 N–H and O–H groups in total. The first-order valence-corrected chi connectivity index (χ1v) is 7.00. The van der Waals surface area contributed by atoms with Crippen molar-refractivity contribution in [3.63, 3.8) is 0 Å². The number of carboxylic acid groups (broad SMARTS) is 1. The molecule has 0 heterocycles. The summed E-state index contributed by atoms with van der Waals surface area (Å²) in [6.07, 6.45) is 5.06. The highest BCUT2D eigenvalue weighted by Crippen LogP contribution is 2.13. The van der Waals surface area contributed by atoms with Crippen molar-refractivity contribution >= 4 is 11.9 Å². The Morgan fingerprint density at radius 3 is 2.48 bits per heavy atom. The summed E-state index contributed by atoms with van der Waals surface area (Å²) >= 11 is 0. The molecule has 2 atom stereocenters. The molecule has 1 amide bonds.